The second-order valence-electron chi connectivity index (χ2n) is 9.52. The van der Waals surface area contributed by atoms with Crippen molar-refractivity contribution in [2.24, 2.45) is 0 Å². The van der Waals surface area contributed by atoms with Gasteiger partial charge in [0.25, 0.3) is 0 Å². The van der Waals surface area contributed by atoms with Gasteiger partial charge in [0.05, 0.1) is 6.04 Å². The Hall–Kier alpha value is -4.19. The molecule has 0 unspecified atom stereocenters. The van der Waals surface area contributed by atoms with Crippen molar-refractivity contribution in [2.75, 3.05) is 0 Å². The first-order valence-corrected chi connectivity index (χ1v) is 12.0. The quantitative estimate of drug-likeness (QED) is 0.282. The van der Waals surface area contributed by atoms with Gasteiger partial charge < -0.3 is 14.5 Å². The largest absolute Gasteiger partial charge is 0.444 e. The molecule has 0 fully saturated rings. The minimum Gasteiger partial charge on any atom is -0.444 e. The molecule has 0 bridgehead atoms. The van der Waals surface area contributed by atoms with Gasteiger partial charge in [0.2, 0.25) is 17.4 Å². The van der Waals surface area contributed by atoms with E-state index in [0.29, 0.717) is 24.4 Å². The summed E-state index contributed by atoms with van der Waals surface area (Å²) >= 11 is 0. The van der Waals surface area contributed by atoms with Gasteiger partial charge in [-0.1, -0.05) is 78.9 Å². The Kier molecular flexibility index (Phi) is 7.64. The van der Waals surface area contributed by atoms with Crippen molar-refractivity contribution < 1.29 is 18.7 Å². The predicted octanol–water partition coefficient (Wildman–Crippen LogP) is 6.72. The summed E-state index contributed by atoms with van der Waals surface area (Å²) < 4.78 is 11.5. The van der Waals surface area contributed by atoms with Crippen LogP contribution in [0.5, 0.6) is 0 Å². The summed E-state index contributed by atoms with van der Waals surface area (Å²) in [5.41, 5.74) is 2.32. The van der Waals surface area contributed by atoms with Gasteiger partial charge in [-0.3, -0.25) is 4.79 Å². The van der Waals surface area contributed by atoms with Gasteiger partial charge in [0.1, 0.15) is 11.3 Å². The predicted molar refractivity (Wildman–Crippen MR) is 140 cm³/mol. The lowest BCUT2D eigenvalue weighted by Crippen LogP contribution is -2.43. The number of aryl methyl sites for hydroxylation is 1. The third-order valence-corrected chi connectivity index (χ3v) is 5.49. The van der Waals surface area contributed by atoms with E-state index in [-0.39, 0.29) is 11.5 Å². The number of carbonyl (C=O) groups excluding carboxylic acids is 2. The summed E-state index contributed by atoms with van der Waals surface area (Å²) in [6.07, 6.45) is 0.309. The first kappa shape index (κ1) is 24.9. The molecule has 0 saturated heterocycles. The average molecular weight is 483 g/mol. The lowest BCUT2D eigenvalue weighted by Gasteiger charge is -2.23. The molecule has 4 aromatic rings. The van der Waals surface area contributed by atoms with E-state index < -0.39 is 17.7 Å². The zero-order chi connectivity index (χ0) is 25.5. The van der Waals surface area contributed by atoms with Crippen LogP contribution in [-0.4, -0.2) is 28.5 Å². The van der Waals surface area contributed by atoms with Gasteiger partial charge >= 0.3 is 6.09 Å². The molecule has 3 aromatic carbocycles. The number of ketones is 1. The van der Waals surface area contributed by atoms with E-state index in [9.17, 15) is 9.59 Å². The van der Waals surface area contributed by atoms with Crippen LogP contribution in [0.25, 0.3) is 22.7 Å². The second kappa shape index (κ2) is 11.0. The lowest BCUT2D eigenvalue weighted by molar-refractivity contribution is 0.0486. The van der Waals surface area contributed by atoms with E-state index in [0.717, 1.165) is 16.7 Å². The Morgan fingerprint density at radius 2 is 1.42 bits per heavy atom. The first-order valence-electron chi connectivity index (χ1n) is 12.0. The van der Waals surface area contributed by atoms with Crippen molar-refractivity contribution in [3.63, 3.8) is 0 Å². The third-order valence-electron chi connectivity index (χ3n) is 5.49. The Labute approximate surface area is 211 Å². The molecule has 1 N–H and O–H groups in total. The normalized spacial score (nSPS) is 12.1. The maximum atomic E-state index is 13.9. The van der Waals surface area contributed by atoms with Crippen molar-refractivity contribution in [1.29, 1.82) is 0 Å². The van der Waals surface area contributed by atoms with Crippen molar-refractivity contribution in [1.82, 2.24) is 10.3 Å². The number of aromatic nitrogens is 1. The van der Waals surface area contributed by atoms with Gasteiger partial charge in [-0.2, -0.15) is 0 Å². The Morgan fingerprint density at radius 1 is 0.861 bits per heavy atom. The van der Waals surface area contributed by atoms with Crippen molar-refractivity contribution in [2.45, 2.75) is 45.3 Å². The minimum atomic E-state index is -0.862. The summed E-state index contributed by atoms with van der Waals surface area (Å²) in [6.45, 7) is 5.34. The SMILES string of the molecule is CC(C)(C)OC(=O)N[C@@H](CCc1ccccc1)C(=O)c1oc(-c2ccccc2)nc1-c1ccccc1. The molecule has 184 valence electrons. The molecule has 36 heavy (non-hydrogen) atoms. The molecule has 1 aromatic heterocycles. The highest BCUT2D eigenvalue weighted by Gasteiger charge is 2.31. The van der Waals surface area contributed by atoms with Gasteiger partial charge in [-0.05, 0) is 51.3 Å². The molecule has 1 heterocycles. The maximum absolute atomic E-state index is 13.9. The van der Waals surface area contributed by atoms with Gasteiger partial charge in [-0.15, -0.1) is 0 Å². The van der Waals surface area contributed by atoms with Crippen molar-refractivity contribution in [3.8, 4) is 22.7 Å². The number of Topliss-reactive ketones (excluding diaryl/α,β-unsaturated/α-hetero) is 1. The molecule has 0 spiro atoms. The number of hydrogen-bond acceptors (Lipinski definition) is 5. The Balaban J connectivity index is 1.70. The molecular weight excluding hydrogens is 452 g/mol. The number of amides is 1. The van der Waals surface area contributed by atoms with Crippen molar-refractivity contribution in [3.05, 3.63) is 102 Å². The molecule has 4 rings (SSSR count). The van der Waals surface area contributed by atoms with Crippen LogP contribution < -0.4 is 5.32 Å². The summed E-state index contributed by atoms with van der Waals surface area (Å²) in [5.74, 6) is 0.0939. The number of nitrogens with zero attached hydrogens (tertiary/aromatic N) is 1. The molecule has 1 atom stereocenters. The van der Waals surface area contributed by atoms with E-state index in [4.69, 9.17) is 9.15 Å². The van der Waals surface area contributed by atoms with Gasteiger partial charge in [-0.25, -0.2) is 9.78 Å². The summed E-state index contributed by atoms with van der Waals surface area (Å²) in [4.78, 5) is 31.2. The van der Waals surface area contributed by atoms with Crippen LogP contribution in [0.1, 0.15) is 43.3 Å². The number of alkyl carbamates (subject to hydrolysis) is 1. The van der Waals surface area contributed by atoms with E-state index >= 15 is 0 Å². The highest BCUT2D eigenvalue weighted by molar-refractivity contribution is 6.04. The molecule has 1 amide bonds. The number of benzene rings is 3. The summed E-state index contributed by atoms with van der Waals surface area (Å²) in [6, 6.07) is 27.8. The van der Waals surface area contributed by atoms with Crippen LogP contribution in [-0.2, 0) is 11.2 Å². The number of rotatable bonds is 8. The van der Waals surface area contributed by atoms with Gasteiger partial charge in [0.15, 0.2) is 0 Å². The van der Waals surface area contributed by atoms with E-state index in [1.165, 1.54) is 0 Å². The van der Waals surface area contributed by atoms with Gasteiger partial charge in [0, 0.05) is 11.1 Å². The number of hydrogen-bond donors (Lipinski definition) is 1. The minimum absolute atomic E-state index is 0.106. The summed E-state index contributed by atoms with van der Waals surface area (Å²) in [7, 11) is 0. The van der Waals surface area contributed by atoms with Crippen LogP contribution in [0.4, 0.5) is 4.79 Å². The second-order valence-corrected chi connectivity index (χ2v) is 9.52. The maximum Gasteiger partial charge on any atom is 0.408 e. The first-order chi connectivity index (χ1) is 17.3. The molecule has 0 aliphatic carbocycles. The van der Waals surface area contributed by atoms with Crippen LogP contribution in [0.15, 0.2) is 95.4 Å². The Morgan fingerprint density at radius 3 is 2.00 bits per heavy atom. The zero-order valence-electron chi connectivity index (χ0n) is 20.7. The highest BCUT2D eigenvalue weighted by Crippen LogP contribution is 2.30. The highest BCUT2D eigenvalue weighted by atomic mass is 16.6. The summed E-state index contributed by atoms with van der Waals surface area (Å²) in [5, 5.41) is 2.77. The van der Waals surface area contributed by atoms with Crippen LogP contribution in [0, 0.1) is 0 Å². The molecule has 0 saturated carbocycles. The van der Waals surface area contributed by atoms with Crippen LogP contribution in [0.3, 0.4) is 0 Å². The van der Waals surface area contributed by atoms with E-state index in [1.54, 1.807) is 20.8 Å². The van der Waals surface area contributed by atoms with Crippen molar-refractivity contribution >= 4 is 11.9 Å². The fraction of sp³-hybridized carbons (Fsp3) is 0.233. The van der Waals surface area contributed by atoms with E-state index in [1.807, 2.05) is 91.0 Å². The Bertz CT molecular complexity index is 1290. The third kappa shape index (κ3) is 6.48. The fourth-order valence-corrected chi connectivity index (χ4v) is 3.82. The number of carbonyl (C=O) groups is 2. The van der Waals surface area contributed by atoms with E-state index in [2.05, 4.69) is 10.3 Å². The number of ether oxygens (including phenoxy) is 1. The number of oxazole rings is 1. The molecule has 6 heteroatoms. The standard InChI is InChI=1S/C30H30N2O4/c1-30(2,3)36-29(34)31-24(20-19-21-13-7-4-8-14-21)26(33)27-25(22-15-9-5-10-16-22)32-28(35-27)23-17-11-6-12-18-23/h4-18,24H,19-20H2,1-3H3,(H,31,34)/t24-/m0/s1. The number of nitrogens with one attached hydrogen (secondary N) is 1. The van der Waals surface area contributed by atoms with Crippen LogP contribution >= 0.6 is 0 Å². The fourth-order valence-electron chi connectivity index (χ4n) is 3.82. The molecular formula is C30H30N2O4. The average Bonchev–Trinajstić information content (AvgIpc) is 3.32. The monoisotopic (exact) mass is 482 g/mol. The molecule has 6 nitrogen and oxygen atoms in total. The lowest BCUT2D eigenvalue weighted by atomic mass is 9.99. The molecule has 0 aliphatic heterocycles. The topological polar surface area (TPSA) is 81.4 Å². The van der Waals surface area contributed by atoms with Crippen LogP contribution in [0.2, 0.25) is 0 Å². The zero-order valence-corrected chi connectivity index (χ0v) is 20.7. The smallest absolute Gasteiger partial charge is 0.408 e. The molecule has 0 radical (unpaired) electrons. The molecule has 0 aliphatic rings.